The first-order valence-corrected chi connectivity index (χ1v) is 4.99. The molecule has 0 bridgehead atoms. The van der Waals surface area contributed by atoms with Crippen LogP contribution in [0.3, 0.4) is 0 Å². The molecule has 0 saturated heterocycles. The van der Waals surface area contributed by atoms with Crippen molar-refractivity contribution in [3.63, 3.8) is 0 Å². The zero-order valence-corrected chi connectivity index (χ0v) is 8.67. The topological polar surface area (TPSA) is 66.5 Å². The third-order valence-corrected chi connectivity index (χ3v) is 2.46. The van der Waals surface area contributed by atoms with Crippen LogP contribution in [-0.4, -0.2) is 17.2 Å². The summed E-state index contributed by atoms with van der Waals surface area (Å²) in [4.78, 5) is 0. The lowest BCUT2D eigenvalue weighted by molar-refractivity contribution is 0.426. The smallest absolute Gasteiger partial charge is 0.423 e. The van der Waals surface area contributed by atoms with Crippen molar-refractivity contribution in [3.05, 3.63) is 48.5 Å². The lowest BCUT2D eigenvalue weighted by Gasteiger charge is -2.08. The van der Waals surface area contributed by atoms with Crippen molar-refractivity contribution in [2.24, 2.45) is 0 Å². The second-order valence-corrected chi connectivity index (χ2v) is 3.59. The highest BCUT2D eigenvalue weighted by Gasteiger charge is 2.12. The SMILES string of the molecule is Nc1cc(B(O)O)ccc1-c1ccccc1. The van der Waals surface area contributed by atoms with E-state index in [4.69, 9.17) is 15.8 Å². The molecule has 2 aromatic carbocycles. The van der Waals surface area contributed by atoms with Gasteiger partial charge in [0, 0.05) is 11.3 Å². The van der Waals surface area contributed by atoms with Gasteiger partial charge in [0.1, 0.15) is 0 Å². The van der Waals surface area contributed by atoms with E-state index in [0.29, 0.717) is 11.2 Å². The first kappa shape index (κ1) is 10.7. The van der Waals surface area contributed by atoms with Gasteiger partial charge < -0.3 is 15.8 Å². The predicted octanol–water partition coefficient (Wildman–Crippen LogP) is 0.616. The van der Waals surface area contributed by atoms with Gasteiger partial charge in [0.25, 0.3) is 0 Å². The fourth-order valence-electron chi connectivity index (χ4n) is 1.62. The Morgan fingerprint density at radius 1 is 0.938 bits per heavy atom. The number of hydrogen-bond acceptors (Lipinski definition) is 3. The molecule has 0 saturated carbocycles. The predicted molar refractivity (Wildman–Crippen MR) is 66.1 cm³/mol. The molecule has 80 valence electrons. The standard InChI is InChI=1S/C12H12BNO2/c14-12-8-10(13(15)16)6-7-11(12)9-4-2-1-3-5-9/h1-8,15-16H,14H2. The van der Waals surface area contributed by atoms with Crippen LogP contribution in [0.4, 0.5) is 5.69 Å². The molecule has 0 atom stereocenters. The second-order valence-electron chi connectivity index (χ2n) is 3.59. The number of nitrogen functional groups attached to an aromatic ring is 1. The summed E-state index contributed by atoms with van der Waals surface area (Å²) in [7, 11) is -1.48. The monoisotopic (exact) mass is 213 g/mol. The Morgan fingerprint density at radius 2 is 1.62 bits per heavy atom. The van der Waals surface area contributed by atoms with Crippen LogP contribution in [0.25, 0.3) is 11.1 Å². The van der Waals surface area contributed by atoms with Crippen LogP contribution in [0, 0.1) is 0 Å². The first-order valence-electron chi connectivity index (χ1n) is 4.99. The maximum atomic E-state index is 9.01. The summed E-state index contributed by atoms with van der Waals surface area (Å²) in [5.74, 6) is 0. The Hall–Kier alpha value is -1.78. The Bertz CT molecular complexity index is 486. The van der Waals surface area contributed by atoms with Crippen LogP contribution in [0.2, 0.25) is 0 Å². The summed E-state index contributed by atoms with van der Waals surface area (Å²) in [6.07, 6.45) is 0. The van der Waals surface area contributed by atoms with Crippen molar-refractivity contribution in [2.45, 2.75) is 0 Å². The molecule has 0 aromatic heterocycles. The van der Waals surface area contributed by atoms with Gasteiger partial charge in [-0.05, 0) is 17.1 Å². The maximum Gasteiger partial charge on any atom is 0.488 e. The van der Waals surface area contributed by atoms with Crippen LogP contribution in [-0.2, 0) is 0 Å². The molecule has 4 heteroatoms. The molecule has 0 radical (unpaired) electrons. The molecule has 0 fully saturated rings. The largest absolute Gasteiger partial charge is 0.488 e. The highest BCUT2D eigenvalue weighted by molar-refractivity contribution is 6.58. The Labute approximate surface area is 94.3 Å². The quantitative estimate of drug-likeness (QED) is 0.505. The zero-order chi connectivity index (χ0) is 11.5. The molecule has 0 spiro atoms. The van der Waals surface area contributed by atoms with E-state index in [1.54, 1.807) is 18.2 Å². The molecular weight excluding hydrogens is 201 g/mol. The minimum atomic E-state index is -1.48. The fourth-order valence-corrected chi connectivity index (χ4v) is 1.62. The van der Waals surface area contributed by atoms with Gasteiger partial charge in [-0.15, -0.1) is 0 Å². The molecule has 0 aliphatic carbocycles. The zero-order valence-electron chi connectivity index (χ0n) is 8.67. The molecule has 0 amide bonds. The number of nitrogens with two attached hydrogens (primary N) is 1. The van der Waals surface area contributed by atoms with Crippen LogP contribution in [0.5, 0.6) is 0 Å². The van der Waals surface area contributed by atoms with Gasteiger partial charge in [-0.1, -0.05) is 42.5 Å². The summed E-state index contributed by atoms with van der Waals surface area (Å²) in [6, 6.07) is 14.7. The van der Waals surface area contributed by atoms with Crippen LogP contribution < -0.4 is 11.2 Å². The normalized spacial score (nSPS) is 10.1. The maximum absolute atomic E-state index is 9.01. The molecule has 0 aliphatic rings. The Kier molecular flexibility index (Phi) is 2.94. The van der Waals surface area contributed by atoms with E-state index < -0.39 is 7.12 Å². The lowest BCUT2D eigenvalue weighted by Crippen LogP contribution is -2.29. The summed E-state index contributed by atoms with van der Waals surface area (Å²) in [5, 5.41) is 18.0. The van der Waals surface area contributed by atoms with Gasteiger partial charge >= 0.3 is 7.12 Å². The Balaban J connectivity index is 2.45. The third kappa shape index (κ3) is 2.08. The van der Waals surface area contributed by atoms with Gasteiger partial charge in [0.2, 0.25) is 0 Å². The van der Waals surface area contributed by atoms with E-state index in [1.807, 2.05) is 30.3 Å². The van der Waals surface area contributed by atoms with Crippen LogP contribution >= 0.6 is 0 Å². The van der Waals surface area contributed by atoms with E-state index in [9.17, 15) is 0 Å². The van der Waals surface area contributed by atoms with E-state index in [-0.39, 0.29) is 0 Å². The van der Waals surface area contributed by atoms with Gasteiger partial charge in [-0.3, -0.25) is 0 Å². The van der Waals surface area contributed by atoms with Crippen molar-refractivity contribution >= 4 is 18.3 Å². The van der Waals surface area contributed by atoms with E-state index in [1.165, 1.54) is 0 Å². The lowest BCUT2D eigenvalue weighted by atomic mass is 9.79. The molecule has 2 aromatic rings. The Morgan fingerprint density at radius 3 is 2.19 bits per heavy atom. The van der Waals surface area contributed by atoms with Gasteiger partial charge in [0.15, 0.2) is 0 Å². The molecular formula is C12H12BNO2. The number of anilines is 1. The number of benzene rings is 2. The van der Waals surface area contributed by atoms with E-state index >= 15 is 0 Å². The molecule has 3 nitrogen and oxygen atoms in total. The first-order chi connectivity index (χ1) is 7.68. The van der Waals surface area contributed by atoms with E-state index in [0.717, 1.165) is 11.1 Å². The summed E-state index contributed by atoms with van der Waals surface area (Å²) in [5.41, 5.74) is 8.71. The molecule has 4 N–H and O–H groups in total. The highest BCUT2D eigenvalue weighted by Crippen LogP contribution is 2.24. The average molecular weight is 213 g/mol. The minimum Gasteiger partial charge on any atom is -0.423 e. The molecule has 0 heterocycles. The molecule has 16 heavy (non-hydrogen) atoms. The summed E-state index contributed by atoms with van der Waals surface area (Å²) >= 11 is 0. The van der Waals surface area contributed by atoms with Crippen LogP contribution in [0.1, 0.15) is 0 Å². The van der Waals surface area contributed by atoms with E-state index in [2.05, 4.69) is 0 Å². The summed E-state index contributed by atoms with van der Waals surface area (Å²) < 4.78 is 0. The van der Waals surface area contributed by atoms with Crippen molar-refractivity contribution in [2.75, 3.05) is 5.73 Å². The third-order valence-electron chi connectivity index (χ3n) is 2.46. The van der Waals surface area contributed by atoms with Crippen molar-refractivity contribution < 1.29 is 10.0 Å². The van der Waals surface area contributed by atoms with Crippen LogP contribution in [0.15, 0.2) is 48.5 Å². The summed E-state index contributed by atoms with van der Waals surface area (Å²) in [6.45, 7) is 0. The van der Waals surface area contributed by atoms with Gasteiger partial charge in [-0.2, -0.15) is 0 Å². The molecule has 0 aliphatic heterocycles. The fraction of sp³-hybridized carbons (Fsp3) is 0. The van der Waals surface area contributed by atoms with Crippen molar-refractivity contribution in [3.8, 4) is 11.1 Å². The van der Waals surface area contributed by atoms with Gasteiger partial charge in [0.05, 0.1) is 0 Å². The highest BCUT2D eigenvalue weighted by atomic mass is 16.4. The van der Waals surface area contributed by atoms with Crippen molar-refractivity contribution in [1.82, 2.24) is 0 Å². The van der Waals surface area contributed by atoms with Gasteiger partial charge in [-0.25, -0.2) is 0 Å². The average Bonchev–Trinajstić information content (AvgIpc) is 2.30. The molecule has 0 unspecified atom stereocenters. The second kappa shape index (κ2) is 4.39. The minimum absolute atomic E-state index is 0.400. The van der Waals surface area contributed by atoms with Crippen molar-refractivity contribution in [1.29, 1.82) is 0 Å². The number of rotatable bonds is 2. The number of hydrogen-bond donors (Lipinski definition) is 3. The molecule has 2 rings (SSSR count).